The molecule has 2 nitrogen and oxygen atoms in total. The summed E-state index contributed by atoms with van der Waals surface area (Å²) in [4.78, 5) is 0. The van der Waals surface area contributed by atoms with Crippen LogP contribution in [0.3, 0.4) is 0 Å². The molecule has 1 aliphatic heterocycles. The van der Waals surface area contributed by atoms with Gasteiger partial charge in [0.15, 0.2) is 0 Å². The minimum atomic E-state index is -0.156. The summed E-state index contributed by atoms with van der Waals surface area (Å²) in [6.45, 7) is 0.877. The molecular formula is C14H19BrFNO. The lowest BCUT2D eigenvalue weighted by Gasteiger charge is -2.19. The fourth-order valence-corrected chi connectivity index (χ4v) is 2.80. The second-order valence-electron chi connectivity index (χ2n) is 4.72. The van der Waals surface area contributed by atoms with E-state index in [1.807, 2.05) is 19.2 Å². The third-order valence-corrected chi connectivity index (χ3v) is 3.98. The SMILES string of the molecule is CNC(CCC1CCCO1)c1ccc(Br)cc1F. The van der Waals surface area contributed by atoms with E-state index in [0.717, 1.165) is 42.3 Å². The van der Waals surface area contributed by atoms with E-state index in [0.29, 0.717) is 6.10 Å². The van der Waals surface area contributed by atoms with Gasteiger partial charge in [-0.05, 0) is 44.9 Å². The monoisotopic (exact) mass is 315 g/mol. The molecular weight excluding hydrogens is 297 g/mol. The van der Waals surface area contributed by atoms with Gasteiger partial charge in [0.25, 0.3) is 0 Å². The molecule has 2 atom stereocenters. The van der Waals surface area contributed by atoms with E-state index in [2.05, 4.69) is 21.2 Å². The lowest BCUT2D eigenvalue weighted by molar-refractivity contribution is 0.0997. The number of hydrogen-bond acceptors (Lipinski definition) is 2. The lowest BCUT2D eigenvalue weighted by Crippen LogP contribution is -2.19. The molecule has 0 saturated carbocycles. The van der Waals surface area contributed by atoms with Crippen LogP contribution >= 0.6 is 15.9 Å². The topological polar surface area (TPSA) is 21.3 Å². The summed E-state index contributed by atoms with van der Waals surface area (Å²) in [6.07, 6.45) is 4.54. The number of halogens is 2. The minimum absolute atomic E-state index is 0.0577. The molecule has 1 aliphatic rings. The Hall–Kier alpha value is -0.450. The van der Waals surface area contributed by atoms with Crippen molar-refractivity contribution in [2.75, 3.05) is 13.7 Å². The fourth-order valence-electron chi connectivity index (χ4n) is 2.46. The van der Waals surface area contributed by atoms with Crippen LogP contribution < -0.4 is 5.32 Å². The first-order chi connectivity index (χ1) is 8.70. The molecule has 1 saturated heterocycles. The van der Waals surface area contributed by atoms with E-state index < -0.39 is 0 Å². The third kappa shape index (κ3) is 3.53. The van der Waals surface area contributed by atoms with Gasteiger partial charge in [0, 0.05) is 22.7 Å². The molecule has 100 valence electrons. The molecule has 18 heavy (non-hydrogen) atoms. The summed E-state index contributed by atoms with van der Waals surface area (Å²) in [7, 11) is 1.88. The van der Waals surface area contributed by atoms with Crippen molar-refractivity contribution < 1.29 is 9.13 Å². The van der Waals surface area contributed by atoms with Crippen LogP contribution in [0.1, 0.15) is 37.3 Å². The molecule has 2 rings (SSSR count). The van der Waals surface area contributed by atoms with Crippen molar-refractivity contribution in [2.24, 2.45) is 0 Å². The maximum atomic E-state index is 13.9. The molecule has 0 radical (unpaired) electrons. The summed E-state index contributed by atoms with van der Waals surface area (Å²) >= 11 is 3.28. The number of ether oxygens (including phenoxy) is 1. The Morgan fingerprint density at radius 1 is 1.56 bits per heavy atom. The molecule has 1 aromatic rings. The quantitative estimate of drug-likeness (QED) is 0.892. The maximum absolute atomic E-state index is 13.9. The van der Waals surface area contributed by atoms with Crippen LogP contribution in [-0.2, 0) is 4.74 Å². The molecule has 0 bridgehead atoms. The van der Waals surface area contributed by atoms with E-state index in [-0.39, 0.29) is 11.9 Å². The van der Waals surface area contributed by atoms with Crippen molar-refractivity contribution in [2.45, 2.75) is 37.8 Å². The average Bonchev–Trinajstić information content (AvgIpc) is 2.85. The summed E-state index contributed by atoms with van der Waals surface area (Å²) in [6, 6.07) is 5.30. The first-order valence-corrected chi connectivity index (χ1v) is 7.24. The van der Waals surface area contributed by atoms with Gasteiger partial charge in [0.05, 0.1) is 6.10 Å². The molecule has 1 aromatic carbocycles. The van der Waals surface area contributed by atoms with E-state index in [1.54, 1.807) is 0 Å². The zero-order valence-electron chi connectivity index (χ0n) is 10.6. The highest BCUT2D eigenvalue weighted by atomic mass is 79.9. The van der Waals surface area contributed by atoms with Crippen molar-refractivity contribution in [3.05, 3.63) is 34.1 Å². The number of nitrogens with one attached hydrogen (secondary N) is 1. The zero-order valence-corrected chi connectivity index (χ0v) is 12.2. The minimum Gasteiger partial charge on any atom is -0.378 e. The Bertz CT molecular complexity index is 393. The van der Waals surface area contributed by atoms with Crippen LogP contribution in [-0.4, -0.2) is 19.8 Å². The van der Waals surface area contributed by atoms with Crippen LogP contribution in [0.5, 0.6) is 0 Å². The smallest absolute Gasteiger partial charge is 0.129 e. The molecule has 0 spiro atoms. The number of rotatable bonds is 5. The Morgan fingerprint density at radius 2 is 2.39 bits per heavy atom. The third-order valence-electron chi connectivity index (χ3n) is 3.49. The van der Waals surface area contributed by atoms with Gasteiger partial charge in [0.2, 0.25) is 0 Å². The van der Waals surface area contributed by atoms with E-state index in [4.69, 9.17) is 4.74 Å². The van der Waals surface area contributed by atoms with Crippen molar-refractivity contribution in [3.8, 4) is 0 Å². The van der Waals surface area contributed by atoms with E-state index in [1.165, 1.54) is 6.07 Å². The average molecular weight is 316 g/mol. The summed E-state index contributed by atoms with van der Waals surface area (Å²) in [5.74, 6) is -0.156. The van der Waals surface area contributed by atoms with Crippen molar-refractivity contribution >= 4 is 15.9 Å². The Labute approximate surface area is 116 Å². The number of benzene rings is 1. The van der Waals surface area contributed by atoms with Crippen LogP contribution in [0.2, 0.25) is 0 Å². The van der Waals surface area contributed by atoms with Gasteiger partial charge in [-0.15, -0.1) is 0 Å². The Balaban J connectivity index is 1.98. The molecule has 1 heterocycles. The second kappa shape index (κ2) is 6.64. The molecule has 0 aliphatic carbocycles. The largest absolute Gasteiger partial charge is 0.378 e. The van der Waals surface area contributed by atoms with Crippen molar-refractivity contribution in [3.63, 3.8) is 0 Å². The molecule has 1 N–H and O–H groups in total. The van der Waals surface area contributed by atoms with E-state index >= 15 is 0 Å². The van der Waals surface area contributed by atoms with Crippen LogP contribution in [0, 0.1) is 5.82 Å². The van der Waals surface area contributed by atoms with Gasteiger partial charge in [-0.3, -0.25) is 0 Å². The normalized spacial score (nSPS) is 21.2. The molecule has 4 heteroatoms. The second-order valence-corrected chi connectivity index (χ2v) is 5.64. The summed E-state index contributed by atoms with van der Waals surface area (Å²) in [5, 5.41) is 3.19. The van der Waals surface area contributed by atoms with Gasteiger partial charge in [-0.1, -0.05) is 22.0 Å². The highest BCUT2D eigenvalue weighted by Crippen LogP contribution is 2.26. The van der Waals surface area contributed by atoms with Gasteiger partial charge >= 0.3 is 0 Å². The molecule has 0 amide bonds. The Morgan fingerprint density at radius 3 is 3.00 bits per heavy atom. The molecule has 2 unspecified atom stereocenters. The van der Waals surface area contributed by atoms with Gasteiger partial charge in [-0.25, -0.2) is 4.39 Å². The van der Waals surface area contributed by atoms with Crippen LogP contribution in [0.25, 0.3) is 0 Å². The van der Waals surface area contributed by atoms with Crippen molar-refractivity contribution in [1.29, 1.82) is 0 Å². The van der Waals surface area contributed by atoms with Crippen LogP contribution in [0.15, 0.2) is 22.7 Å². The van der Waals surface area contributed by atoms with Gasteiger partial charge in [0.1, 0.15) is 5.82 Å². The standard InChI is InChI=1S/C14H19BrFNO/c1-17-14(7-5-11-3-2-8-18-11)12-6-4-10(15)9-13(12)16/h4,6,9,11,14,17H,2-3,5,7-8H2,1H3. The first kappa shape index (κ1) is 14.0. The maximum Gasteiger partial charge on any atom is 0.129 e. The van der Waals surface area contributed by atoms with Crippen molar-refractivity contribution in [1.82, 2.24) is 5.32 Å². The summed E-state index contributed by atoms with van der Waals surface area (Å²) < 4.78 is 20.3. The van der Waals surface area contributed by atoms with Gasteiger partial charge in [-0.2, -0.15) is 0 Å². The predicted octanol–water partition coefficient (Wildman–Crippen LogP) is 3.81. The summed E-state index contributed by atoms with van der Waals surface area (Å²) in [5.41, 5.74) is 0.735. The fraction of sp³-hybridized carbons (Fsp3) is 0.571. The highest BCUT2D eigenvalue weighted by Gasteiger charge is 2.19. The van der Waals surface area contributed by atoms with Gasteiger partial charge < -0.3 is 10.1 Å². The molecule has 0 aromatic heterocycles. The van der Waals surface area contributed by atoms with Crippen LogP contribution in [0.4, 0.5) is 4.39 Å². The highest BCUT2D eigenvalue weighted by molar-refractivity contribution is 9.10. The zero-order chi connectivity index (χ0) is 13.0. The first-order valence-electron chi connectivity index (χ1n) is 6.44. The molecule has 1 fully saturated rings. The predicted molar refractivity (Wildman–Crippen MR) is 74.1 cm³/mol. The number of hydrogen-bond donors (Lipinski definition) is 1. The Kier molecular flexibility index (Phi) is 5.15. The van der Waals surface area contributed by atoms with E-state index in [9.17, 15) is 4.39 Å². The lowest BCUT2D eigenvalue weighted by atomic mass is 9.99.